The van der Waals surface area contributed by atoms with E-state index >= 15 is 0 Å². The second-order valence-electron chi connectivity index (χ2n) is 11.1. The van der Waals surface area contributed by atoms with E-state index in [9.17, 15) is 4.79 Å². The molecule has 3 N–H and O–H groups in total. The standard InChI is InChI=1S/C18H21N.C9H13N.C9H8O/c1-13(2)14-7-10-16(11-8-14)19-18-12-9-15-5-3-4-6-17(15)18;1-7(2)8-3-5-9(10)6-4-8;10-9-6-5-7-3-1-2-4-8(7)9/h3-8,10-11,13,18-19H,9,12H2,1-2H3;3-7H,10H2,1-2H3;1-4H,5-6H2. The topological polar surface area (TPSA) is 55.1 Å². The average molecular weight is 519 g/mol. The third-order valence-electron chi connectivity index (χ3n) is 7.59. The third kappa shape index (κ3) is 7.60. The highest BCUT2D eigenvalue weighted by Crippen LogP contribution is 2.33. The van der Waals surface area contributed by atoms with Gasteiger partial charge in [-0.2, -0.15) is 0 Å². The molecule has 3 heteroatoms. The Kier molecular flexibility index (Phi) is 9.59. The molecule has 1 unspecified atom stereocenters. The van der Waals surface area contributed by atoms with Crippen LogP contribution in [-0.2, 0) is 12.8 Å². The number of hydrogen-bond acceptors (Lipinski definition) is 3. The molecule has 39 heavy (non-hydrogen) atoms. The van der Waals surface area contributed by atoms with Crippen molar-refractivity contribution in [3.63, 3.8) is 0 Å². The lowest BCUT2D eigenvalue weighted by atomic mass is 10.0. The molecular formula is C36H42N2O. The number of hydrogen-bond donors (Lipinski definition) is 2. The molecule has 0 saturated carbocycles. The van der Waals surface area contributed by atoms with Crippen LogP contribution in [0, 0.1) is 0 Å². The van der Waals surface area contributed by atoms with E-state index < -0.39 is 0 Å². The minimum Gasteiger partial charge on any atom is -0.399 e. The fourth-order valence-electron chi connectivity index (χ4n) is 5.15. The Morgan fingerprint density at radius 1 is 0.667 bits per heavy atom. The summed E-state index contributed by atoms with van der Waals surface area (Å²) in [5.41, 5.74) is 15.4. The zero-order valence-electron chi connectivity index (χ0n) is 23.8. The summed E-state index contributed by atoms with van der Waals surface area (Å²) in [5.74, 6) is 1.50. The van der Waals surface area contributed by atoms with Gasteiger partial charge in [0.15, 0.2) is 5.78 Å². The van der Waals surface area contributed by atoms with Gasteiger partial charge >= 0.3 is 0 Å². The highest BCUT2D eigenvalue weighted by molar-refractivity contribution is 6.00. The van der Waals surface area contributed by atoms with Crippen LogP contribution in [0.2, 0.25) is 0 Å². The van der Waals surface area contributed by atoms with Gasteiger partial charge in [-0.25, -0.2) is 0 Å². The number of anilines is 2. The molecule has 202 valence electrons. The lowest BCUT2D eigenvalue weighted by molar-refractivity contribution is 0.0994. The van der Waals surface area contributed by atoms with Gasteiger partial charge in [0.2, 0.25) is 0 Å². The van der Waals surface area contributed by atoms with Crippen LogP contribution in [0.3, 0.4) is 0 Å². The number of carbonyl (C=O) groups is 1. The molecule has 0 fully saturated rings. The quantitative estimate of drug-likeness (QED) is 0.265. The Hall–Kier alpha value is -3.85. The Morgan fingerprint density at radius 2 is 1.23 bits per heavy atom. The van der Waals surface area contributed by atoms with Gasteiger partial charge in [0.05, 0.1) is 6.04 Å². The summed E-state index contributed by atoms with van der Waals surface area (Å²) in [4.78, 5) is 11.1. The van der Waals surface area contributed by atoms with E-state index in [0.29, 0.717) is 30.1 Å². The molecule has 0 saturated heterocycles. The van der Waals surface area contributed by atoms with E-state index in [2.05, 4.69) is 93.7 Å². The van der Waals surface area contributed by atoms with Crippen molar-refractivity contribution in [1.29, 1.82) is 0 Å². The molecule has 3 nitrogen and oxygen atoms in total. The number of rotatable bonds is 4. The average Bonchev–Trinajstić information content (AvgIpc) is 3.53. The molecule has 0 amide bonds. The smallest absolute Gasteiger partial charge is 0.163 e. The number of aryl methyl sites for hydroxylation is 2. The second-order valence-corrected chi connectivity index (χ2v) is 11.1. The first-order chi connectivity index (χ1) is 18.8. The van der Waals surface area contributed by atoms with Crippen LogP contribution in [0.4, 0.5) is 11.4 Å². The SMILES string of the molecule is CC(C)c1ccc(N)cc1.CC(C)c1ccc(NC2CCc3ccccc32)cc1.O=C1CCc2ccccc21. The van der Waals surface area contributed by atoms with E-state index in [0.717, 1.165) is 17.7 Å². The van der Waals surface area contributed by atoms with Gasteiger partial charge in [-0.3, -0.25) is 4.79 Å². The molecule has 1 atom stereocenters. The van der Waals surface area contributed by atoms with Gasteiger partial charge in [-0.1, -0.05) is 100 Å². The number of Topliss-reactive ketones (excluding diaryl/α,β-unsaturated/α-hetero) is 1. The van der Waals surface area contributed by atoms with Gasteiger partial charge in [0, 0.05) is 23.4 Å². The van der Waals surface area contributed by atoms with Crippen LogP contribution in [-0.4, -0.2) is 5.78 Å². The molecule has 0 heterocycles. The highest BCUT2D eigenvalue weighted by atomic mass is 16.1. The van der Waals surface area contributed by atoms with Gasteiger partial charge in [0.25, 0.3) is 0 Å². The lowest BCUT2D eigenvalue weighted by Gasteiger charge is -2.16. The summed E-state index contributed by atoms with van der Waals surface area (Å²) in [7, 11) is 0. The number of fused-ring (bicyclic) bond motifs is 2. The van der Waals surface area contributed by atoms with Crippen LogP contribution in [0.15, 0.2) is 97.1 Å². The number of benzene rings is 4. The Morgan fingerprint density at radius 3 is 1.85 bits per heavy atom. The number of nitrogens with one attached hydrogen (secondary N) is 1. The minimum atomic E-state index is 0.301. The molecule has 0 bridgehead atoms. The number of carbonyl (C=O) groups excluding carboxylic acids is 1. The molecule has 0 spiro atoms. The van der Waals surface area contributed by atoms with Gasteiger partial charge in [-0.05, 0) is 83.2 Å². The molecule has 2 aliphatic rings. The van der Waals surface area contributed by atoms with Crippen molar-refractivity contribution in [1.82, 2.24) is 0 Å². The van der Waals surface area contributed by atoms with Gasteiger partial charge < -0.3 is 11.1 Å². The Bertz CT molecular complexity index is 1350. The zero-order valence-corrected chi connectivity index (χ0v) is 23.8. The normalized spacial score (nSPS) is 15.1. The molecule has 0 aliphatic heterocycles. The van der Waals surface area contributed by atoms with Gasteiger partial charge in [-0.15, -0.1) is 0 Å². The van der Waals surface area contributed by atoms with Crippen molar-refractivity contribution >= 4 is 17.2 Å². The first-order valence-electron chi connectivity index (χ1n) is 14.2. The van der Waals surface area contributed by atoms with Crippen molar-refractivity contribution in [3.05, 3.63) is 130 Å². The van der Waals surface area contributed by atoms with Crippen LogP contribution >= 0.6 is 0 Å². The second kappa shape index (κ2) is 13.3. The van der Waals surface area contributed by atoms with Crippen LogP contribution < -0.4 is 11.1 Å². The fraction of sp³-hybridized carbons (Fsp3) is 0.306. The largest absolute Gasteiger partial charge is 0.399 e. The van der Waals surface area contributed by atoms with Crippen molar-refractivity contribution in [2.75, 3.05) is 11.1 Å². The molecule has 0 aromatic heterocycles. The van der Waals surface area contributed by atoms with Crippen LogP contribution in [0.1, 0.15) is 96.6 Å². The van der Waals surface area contributed by atoms with Crippen molar-refractivity contribution in [2.45, 2.75) is 71.3 Å². The molecule has 4 aromatic carbocycles. The predicted octanol–water partition coefficient (Wildman–Crippen LogP) is 9.12. The van der Waals surface area contributed by atoms with E-state index in [4.69, 9.17) is 5.73 Å². The molecule has 4 aromatic rings. The van der Waals surface area contributed by atoms with Crippen molar-refractivity contribution in [3.8, 4) is 0 Å². The first-order valence-corrected chi connectivity index (χ1v) is 14.2. The van der Waals surface area contributed by atoms with E-state index in [-0.39, 0.29) is 0 Å². The maximum absolute atomic E-state index is 11.1. The first kappa shape index (κ1) is 28.2. The highest BCUT2D eigenvalue weighted by Gasteiger charge is 2.21. The maximum Gasteiger partial charge on any atom is 0.163 e. The summed E-state index contributed by atoms with van der Waals surface area (Å²) >= 11 is 0. The number of ketones is 1. The molecule has 0 radical (unpaired) electrons. The van der Waals surface area contributed by atoms with Crippen molar-refractivity contribution in [2.24, 2.45) is 0 Å². The third-order valence-corrected chi connectivity index (χ3v) is 7.59. The monoisotopic (exact) mass is 518 g/mol. The van der Waals surface area contributed by atoms with Crippen LogP contribution in [0.5, 0.6) is 0 Å². The predicted molar refractivity (Wildman–Crippen MR) is 166 cm³/mol. The summed E-state index contributed by atoms with van der Waals surface area (Å²) in [6, 6.07) is 34.0. The fourth-order valence-corrected chi connectivity index (χ4v) is 5.15. The summed E-state index contributed by atoms with van der Waals surface area (Å²) < 4.78 is 0. The Balaban J connectivity index is 0.000000149. The minimum absolute atomic E-state index is 0.301. The molecular weight excluding hydrogens is 476 g/mol. The Labute approximate surface area is 234 Å². The summed E-state index contributed by atoms with van der Waals surface area (Å²) in [6.45, 7) is 8.81. The van der Waals surface area contributed by atoms with E-state index in [1.807, 2.05) is 36.4 Å². The van der Waals surface area contributed by atoms with Gasteiger partial charge in [0.1, 0.15) is 0 Å². The van der Waals surface area contributed by atoms with E-state index in [1.54, 1.807) is 0 Å². The maximum atomic E-state index is 11.1. The molecule has 2 aliphatic carbocycles. The zero-order chi connectivity index (χ0) is 27.8. The number of nitrogen functional groups attached to an aromatic ring is 1. The summed E-state index contributed by atoms with van der Waals surface area (Å²) in [5, 5.41) is 3.66. The lowest BCUT2D eigenvalue weighted by Crippen LogP contribution is -2.06. The molecule has 6 rings (SSSR count). The van der Waals surface area contributed by atoms with Crippen molar-refractivity contribution < 1.29 is 4.79 Å². The number of nitrogens with two attached hydrogens (primary N) is 1. The van der Waals surface area contributed by atoms with Crippen LogP contribution in [0.25, 0.3) is 0 Å². The van der Waals surface area contributed by atoms with E-state index in [1.165, 1.54) is 46.3 Å². The summed E-state index contributed by atoms with van der Waals surface area (Å²) in [6.07, 6.45) is 4.04.